The van der Waals surface area contributed by atoms with Crippen LogP contribution in [0.15, 0.2) is 0 Å². The molecule has 2 atom stereocenters. The van der Waals surface area contributed by atoms with Crippen LogP contribution in [0.25, 0.3) is 0 Å². The third-order valence-corrected chi connectivity index (χ3v) is 4.30. The summed E-state index contributed by atoms with van der Waals surface area (Å²) < 4.78 is 14.7. The number of aliphatic hydroxyl groups is 2. The molecule has 29 heavy (non-hydrogen) atoms. The van der Waals surface area contributed by atoms with Crippen molar-refractivity contribution in [2.75, 3.05) is 33.2 Å². The summed E-state index contributed by atoms with van der Waals surface area (Å²) in [5.74, 6) is -0.930. The topological polar surface area (TPSA) is 119 Å². The van der Waals surface area contributed by atoms with Crippen LogP contribution in [0.3, 0.4) is 0 Å². The van der Waals surface area contributed by atoms with Crippen molar-refractivity contribution in [3.8, 4) is 0 Å². The van der Waals surface area contributed by atoms with Gasteiger partial charge in [0.25, 0.3) is 0 Å². The molecule has 172 valence electrons. The van der Waals surface area contributed by atoms with Gasteiger partial charge in [-0.1, -0.05) is 13.8 Å². The van der Waals surface area contributed by atoms with Crippen molar-refractivity contribution in [3.63, 3.8) is 0 Å². The average Bonchev–Trinajstić information content (AvgIpc) is 3.06. The summed E-state index contributed by atoms with van der Waals surface area (Å²) in [6.45, 7) is 10.9. The highest BCUT2D eigenvalue weighted by Gasteiger charge is 2.39. The van der Waals surface area contributed by atoms with Gasteiger partial charge in [0.1, 0.15) is 18.8 Å². The van der Waals surface area contributed by atoms with Gasteiger partial charge in [-0.25, -0.2) is 0 Å². The number of hydrogen-bond acceptors (Lipinski definition) is 8. The molecule has 1 saturated heterocycles. The first-order chi connectivity index (χ1) is 13.5. The molecule has 0 aliphatic carbocycles. The Balaban J connectivity index is 0. The van der Waals surface area contributed by atoms with Crippen LogP contribution in [-0.2, 0) is 28.6 Å². The van der Waals surface area contributed by atoms with Gasteiger partial charge in [0, 0.05) is 33.3 Å². The van der Waals surface area contributed by atoms with Crippen molar-refractivity contribution in [1.82, 2.24) is 0 Å². The molecule has 1 aliphatic heterocycles. The van der Waals surface area contributed by atoms with E-state index in [1.807, 2.05) is 13.8 Å². The molecule has 1 rings (SSSR count). The summed E-state index contributed by atoms with van der Waals surface area (Å²) >= 11 is 0. The van der Waals surface area contributed by atoms with E-state index in [1.165, 1.54) is 13.8 Å². The molecule has 0 saturated carbocycles. The predicted molar refractivity (Wildman–Crippen MR) is 113 cm³/mol. The van der Waals surface area contributed by atoms with Gasteiger partial charge in [-0.05, 0) is 39.0 Å². The molecule has 0 radical (unpaired) electrons. The van der Waals surface area contributed by atoms with E-state index in [1.54, 1.807) is 0 Å². The molecule has 1 fully saturated rings. The molecule has 0 spiro atoms. The Labute approximate surface area is 176 Å². The number of ether oxygens (including phenoxy) is 3. The van der Waals surface area contributed by atoms with E-state index in [0.717, 1.165) is 8.58 Å². The first-order valence-electron chi connectivity index (χ1n) is 9.94. The van der Waals surface area contributed by atoms with Gasteiger partial charge in [-0.2, -0.15) is 0 Å². The van der Waals surface area contributed by atoms with Crippen molar-refractivity contribution >= 4 is 26.5 Å². The molecule has 1 heterocycles. The molecule has 0 aromatic carbocycles. The second-order valence-electron chi connectivity index (χ2n) is 6.98. The molecule has 2 unspecified atom stereocenters. The van der Waals surface area contributed by atoms with Crippen molar-refractivity contribution in [2.45, 2.75) is 77.4 Å². The molecule has 2 N–H and O–H groups in total. The second kappa shape index (κ2) is 16.5. The Morgan fingerprint density at radius 1 is 1.21 bits per heavy atom. The molecule has 0 bridgehead atoms. The quantitative estimate of drug-likeness (QED) is 0.320. The number of aliphatic hydroxyl groups excluding tert-OH is 1. The maximum atomic E-state index is 10.9. The Kier molecular flexibility index (Phi) is 17.1. The minimum atomic E-state index is -0.978. The van der Waals surface area contributed by atoms with E-state index in [2.05, 4.69) is 13.3 Å². The first kappa shape index (κ1) is 30.0. The van der Waals surface area contributed by atoms with Gasteiger partial charge in [0.15, 0.2) is 0 Å². The summed E-state index contributed by atoms with van der Waals surface area (Å²) in [6, 6.07) is 0. The van der Waals surface area contributed by atoms with Gasteiger partial charge >= 0.3 is 17.9 Å². The number of hydrogen-bond donors (Lipinski definition) is 2. The summed E-state index contributed by atoms with van der Waals surface area (Å²) in [6.07, 6.45) is 3.25. The van der Waals surface area contributed by atoms with Crippen LogP contribution in [0.1, 0.15) is 66.2 Å². The Bertz CT molecular complexity index is 485. The number of carbonyl (C=O) groups excluding carboxylic acids is 3. The largest absolute Gasteiger partial charge is 0.463 e. The second-order valence-corrected chi connectivity index (χ2v) is 7.98. The lowest BCUT2D eigenvalue weighted by atomic mass is 9.96. The summed E-state index contributed by atoms with van der Waals surface area (Å²) in [4.78, 5) is 32.0. The van der Waals surface area contributed by atoms with Crippen LogP contribution < -0.4 is 0 Å². The van der Waals surface area contributed by atoms with E-state index in [0.29, 0.717) is 38.5 Å². The zero-order valence-electron chi connectivity index (χ0n) is 18.7. The fourth-order valence-corrected chi connectivity index (χ4v) is 2.35. The molecular formula is C20H39O8P. The van der Waals surface area contributed by atoms with Crippen LogP contribution in [-0.4, -0.2) is 72.5 Å². The monoisotopic (exact) mass is 438 g/mol. The van der Waals surface area contributed by atoms with Crippen molar-refractivity contribution in [1.29, 1.82) is 0 Å². The third kappa shape index (κ3) is 15.3. The Morgan fingerprint density at radius 3 is 2.10 bits per heavy atom. The third-order valence-electron chi connectivity index (χ3n) is 4.30. The average molecular weight is 438 g/mol. The minimum Gasteiger partial charge on any atom is -0.463 e. The fraction of sp³-hybridized carbons (Fsp3) is 0.850. The number of rotatable bonds is 9. The molecule has 0 amide bonds. The van der Waals surface area contributed by atoms with E-state index in [-0.39, 0.29) is 31.8 Å². The van der Waals surface area contributed by atoms with Crippen LogP contribution >= 0.6 is 8.58 Å². The highest BCUT2D eigenvalue weighted by atomic mass is 31.1. The lowest BCUT2D eigenvalue weighted by molar-refractivity contribution is -0.161. The van der Waals surface area contributed by atoms with Gasteiger partial charge in [0.05, 0.1) is 5.60 Å². The summed E-state index contributed by atoms with van der Waals surface area (Å²) in [5, 5.41) is 18.4. The molecule has 1 aliphatic rings. The van der Waals surface area contributed by atoms with Gasteiger partial charge in [-0.15, -0.1) is 8.58 Å². The van der Waals surface area contributed by atoms with Crippen LogP contribution in [0.2, 0.25) is 0 Å². The van der Waals surface area contributed by atoms with Crippen LogP contribution in [0.5, 0.6) is 0 Å². The van der Waals surface area contributed by atoms with Crippen LogP contribution in [0.4, 0.5) is 0 Å². The maximum absolute atomic E-state index is 10.9. The van der Waals surface area contributed by atoms with E-state index in [4.69, 9.17) is 19.3 Å². The van der Waals surface area contributed by atoms with Gasteiger partial charge < -0.3 is 24.4 Å². The Hall–Kier alpha value is -1.24. The van der Waals surface area contributed by atoms with E-state index < -0.39 is 17.2 Å². The van der Waals surface area contributed by atoms with Gasteiger partial charge in [0.2, 0.25) is 0 Å². The molecule has 9 heteroatoms. The number of cyclic esters (lactones) is 1. The lowest BCUT2D eigenvalue weighted by Gasteiger charge is -2.25. The summed E-state index contributed by atoms with van der Waals surface area (Å²) in [7, 11) is 1.08. The molecule has 0 aromatic rings. The van der Waals surface area contributed by atoms with Gasteiger partial charge in [-0.3, -0.25) is 14.4 Å². The highest BCUT2D eigenvalue weighted by molar-refractivity contribution is 7.35. The Morgan fingerprint density at radius 2 is 1.76 bits per heavy atom. The molecular weight excluding hydrogens is 399 g/mol. The standard InChI is InChI=1S/C9H14O4.C9H18O4.C2H7P/c1-3-9(6-12-7(2)10)5-4-8(11)13-9;1-3-9(12,5-4-6-10)7-13-8(2)11;1-3-2/h3-6H2,1-2H3;10,12H,3-7H2,1-2H3;3H,1-2H3. The van der Waals surface area contributed by atoms with Crippen LogP contribution in [0, 0.1) is 0 Å². The zero-order chi connectivity index (χ0) is 22.9. The number of esters is 3. The normalized spacial score (nSPS) is 19.5. The SMILES string of the molecule is CCC(O)(CCCO)COC(C)=O.CCC1(COC(C)=O)CCC(=O)O1.CPC. The van der Waals surface area contributed by atoms with Crippen molar-refractivity contribution in [2.24, 2.45) is 0 Å². The van der Waals surface area contributed by atoms with E-state index >= 15 is 0 Å². The predicted octanol–water partition coefficient (Wildman–Crippen LogP) is 2.42. The highest BCUT2D eigenvalue weighted by Crippen LogP contribution is 2.30. The van der Waals surface area contributed by atoms with Crippen molar-refractivity contribution in [3.05, 3.63) is 0 Å². The number of carbonyl (C=O) groups is 3. The van der Waals surface area contributed by atoms with Crippen molar-refractivity contribution < 1.29 is 38.8 Å². The molecule has 8 nitrogen and oxygen atoms in total. The molecule has 0 aromatic heterocycles. The maximum Gasteiger partial charge on any atom is 0.306 e. The first-order valence-corrected chi connectivity index (χ1v) is 11.9. The minimum absolute atomic E-state index is 0.0127. The zero-order valence-corrected chi connectivity index (χ0v) is 19.7. The smallest absolute Gasteiger partial charge is 0.306 e. The van der Waals surface area contributed by atoms with E-state index in [9.17, 15) is 19.5 Å². The fourth-order valence-electron chi connectivity index (χ4n) is 2.35. The lowest BCUT2D eigenvalue weighted by Crippen LogP contribution is -2.34. The summed E-state index contributed by atoms with van der Waals surface area (Å²) in [5.41, 5.74) is -1.53.